The fraction of sp³-hybridized carbons (Fsp3) is 0.455. The molecule has 16 heavy (non-hydrogen) atoms. The molecule has 1 aromatic heterocycles. The Morgan fingerprint density at radius 1 is 1.62 bits per heavy atom. The molecular weight excluding hydrogens is 208 g/mol. The van der Waals surface area contributed by atoms with Crippen molar-refractivity contribution < 1.29 is 15.0 Å². The minimum absolute atomic E-state index is 0.409. The van der Waals surface area contributed by atoms with E-state index in [0.29, 0.717) is 6.42 Å². The highest BCUT2D eigenvalue weighted by Gasteiger charge is 2.26. The van der Waals surface area contributed by atoms with Crippen molar-refractivity contribution in [2.45, 2.75) is 25.5 Å². The van der Waals surface area contributed by atoms with Crippen molar-refractivity contribution in [1.82, 2.24) is 4.98 Å². The molecule has 88 valence electrons. The van der Waals surface area contributed by atoms with E-state index in [1.807, 2.05) is 6.07 Å². The lowest BCUT2D eigenvalue weighted by atomic mass is 9.94. The Morgan fingerprint density at radius 2 is 2.31 bits per heavy atom. The number of hydrogen-bond acceptors (Lipinski definition) is 4. The molecular formula is C11H16N2O3. The third kappa shape index (κ3) is 3.29. The summed E-state index contributed by atoms with van der Waals surface area (Å²) in [6.07, 6.45) is 2.65. The second-order valence-corrected chi connectivity index (χ2v) is 3.85. The highest BCUT2D eigenvalue weighted by Crippen LogP contribution is 2.10. The van der Waals surface area contributed by atoms with Crippen LogP contribution in [0.3, 0.4) is 0 Å². The fourth-order valence-electron chi connectivity index (χ4n) is 1.43. The van der Waals surface area contributed by atoms with Crippen molar-refractivity contribution in [3.05, 3.63) is 30.1 Å². The Morgan fingerprint density at radius 3 is 2.81 bits per heavy atom. The smallest absolute Gasteiger partial charge is 0.308 e. The molecule has 0 aliphatic carbocycles. The number of aromatic nitrogens is 1. The molecule has 0 radical (unpaired) electrons. The summed E-state index contributed by atoms with van der Waals surface area (Å²) in [5, 5.41) is 18.4. The monoisotopic (exact) mass is 224 g/mol. The van der Waals surface area contributed by atoms with E-state index >= 15 is 0 Å². The average Bonchev–Trinajstić information content (AvgIpc) is 2.28. The standard InChI is InChI=1S/C11H16N2O3/c1-7(11(15)16)10(14)9(12)5-8-3-2-4-13-6-8/h2-4,6-7,9-10,14H,5,12H2,1H3,(H,15,16)/t7-,9+,10+/m1/s1. The molecule has 0 aromatic carbocycles. The fourth-order valence-corrected chi connectivity index (χ4v) is 1.43. The van der Waals surface area contributed by atoms with Crippen LogP contribution in [0.1, 0.15) is 12.5 Å². The molecule has 5 heteroatoms. The quantitative estimate of drug-likeness (QED) is 0.655. The molecule has 0 bridgehead atoms. The van der Waals surface area contributed by atoms with E-state index in [-0.39, 0.29) is 0 Å². The van der Waals surface area contributed by atoms with E-state index in [1.54, 1.807) is 18.5 Å². The Balaban J connectivity index is 2.58. The molecule has 0 fully saturated rings. The van der Waals surface area contributed by atoms with Gasteiger partial charge in [0.25, 0.3) is 0 Å². The van der Waals surface area contributed by atoms with Gasteiger partial charge in [-0.25, -0.2) is 0 Å². The molecule has 1 rings (SSSR count). The molecule has 0 amide bonds. The zero-order chi connectivity index (χ0) is 12.1. The summed E-state index contributed by atoms with van der Waals surface area (Å²) in [4.78, 5) is 14.6. The molecule has 0 saturated heterocycles. The molecule has 3 atom stereocenters. The first-order chi connectivity index (χ1) is 7.52. The molecule has 0 aliphatic rings. The Bertz CT molecular complexity index is 342. The number of carbonyl (C=O) groups is 1. The third-order valence-electron chi connectivity index (χ3n) is 2.53. The number of carboxylic acid groups (broad SMARTS) is 1. The minimum Gasteiger partial charge on any atom is -0.481 e. The third-order valence-corrected chi connectivity index (χ3v) is 2.53. The molecule has 0 saturated carbocycles. The van der Waals surface area contributed by atoms with Gasteiger partial charge < -0.3 is 15.9 Å². The normalized spacial score (nSPS) is 16.4. The summed E-state index contributed by atoms with van der Waals surface area (Å²) in [7, 11) is 0. The summed E-state index contributed by atoms with van der Waals surface area (Å²) in [5.74, 6) is -1.92. The number of aliphatic hydroxyl groups is 1. The SMILES string of the molecule is C[C@@H](C(=O)O)[C@H](O)[C@@H](N)Cc1cccnc1. The zero-order valence-corrected chi connectivity index (χ0v) is 9.08. The van der Waals surface area contributed by atoms with Crippen LogP contribution in [0.2, 0.25) is 0 Å². The van der Waals surface area contributed by atoms with E-state index < -0.39 is 24.0 Å². The topological polar surface area (TPSA) is 96.4 Å². The number of rotatable bonds is 5. The van der Waals surface area contributed by atoms with Crippen LogP contribution in [-0.2, 0) is 11.2 Å². The van der Waals surface area contributed by atoms with Crippen LogP contribution in [0.5, 0.6) is 0 Å². The average molecular weight is 224 g/mol. The van der Waals surface area contributed by atoms with E-state index in [9.17, 15) is 9.90 Å². The number of carboxylic acids is 1. The number of pyridine rings is 1. The lowest BCUT2D eigenvalue weighted by Gasteiger charge is -2.21. The van der Waals surface area contributed by atoms with Crippen LogP contribution in [-0.4, -0.2) is 33.3 Å². The van der Waals surface area contributed by atoms with Crippen molar-refractivity contribution in [1.29, 1.82) is 0 Å². The summed E-state index contributed by atoms with van der Waals surface area (Å²) >= 11 is 0. The summed E-state index contributed by atoms with van der Waals surface area (Å²) < 4.78 is 0. The minimum atomic E-state index is -1.06. The van der Waals surface area contributed by atoms with Gasteiger partial charge in [-0.15, -0.1) is 0 Å². The number of hydrogen-bond donors (Lipinski definition) is 3. The predicted molar refractivity (Wildman–Crippen MR) is 58.7 cm³/mol. The second kappa shape index (κ2) is 5.58. The molecule has 0 spiro atoms. The van der Waals surface area contributed by atoms with Crippen molar-refractivity contribution >= 4 is 5.97 Å². The molecule has 0 aliphatic heterocycles. The van der Waals surface area contributed by atoms with Crippen LogP contribution in [0, 0.1) is 5.92 Å². The van der Waals surface area contributed by atoms with Crippen LogP contribution in [0.4, 0.5) is 0 Å². The Kier molecular flexibility index (Phi) is 4.39. The maximum absolute atomic E-state index is 10.7. The van der Waals surface area contributed by atoms with Gasteiger partial charge in [0.05, 0.1) is 12.0 Å². The zero-order valence-electron chi connectivity index (χ0n) is 9.08. The first kappa shape index (κ1) is 12.6. The molecule has 0 unspecified atom stereocenters. The van der Waals surface area contributed by atoms with E-state index in [2.05, 4.69) is 4.98 Å². The van der Waals surface area contributed by atoms with E-state index in [0.717, 1.165) is 5.56 Å². The summed E-state index contributed by atoms with van der Waals surface area (Å²) in [6, 6.07) is 3.01. The van der Waals surface area contributed by atoms with Gasteiger partial charge in [0.2, 0.25) is 0 Å². The van der Waals surface area contributed by atoms with Gasteiger partial charge >= 0.3 is 5.97 Å². The number of aliphatic hydroxyl groups excluding tert-OH is 1. The van der Waals surface area contributed by atoms with Gasteiger partial charge in [-0.1, -0.05) is 6.07 Å². The maximum Gasteiger partial charge on any atom is 0.308 e. The van der Waals surface area contributed by atoms with Gasteiger partial charge in [-0.2, -0.15) is 0 Å². The van der Waals surface area contributed by atoms with Gasteiger partial charge in [-0.05, 0) is 25.0 Å². The van der Waals surface area contributed by atoms with Crippen LogP contribution >= 0.6 is 0 Å². The highest BCUT2D eigenvalue weighted by atomic mass is 16.4. The van der Waals surface area contributed by atoms with E-state index in [1.165, 1.54) is 6.92 Å². The number of aliphatic carboxylic acids is 1. The predicted octanol–water partition coefficient (Wildman–Crippen LogP) is 0.0330. The van der Waals surface area contributed by atoms with Gasteiger partial charge in [0, 0.05) is 18.4 Å². The molecule has 1 heterocycles. The first-order valence-corrected chi connectivity index (χ1v) is 5.07. The summed E-state index contributed by atoms with van der Waals surface area (Å²) in [6.45, 7) is 1.44. The van der Waals surface area contributed by atoms with Gasteiger partial charge in [0.15, 0.2) is 0 Å². The molecule has 4 N–H and O–H groups in total. The van der Waals surface area contributed by atoms with Gasteiger partial charge in [0.1, 0.15) is 0 Å². The van der Waals surface area contributed by atoms with Crippen molar-refractivity contribution in [2.24, 2.45) is 11.7 Å². The summed E-state index contributed by atoms with van der Waals surface area (Å²) in [5.41, 5.74) is 6.63. The number of nitrogens with zero attached hydrogens (tertiary/aromatic N) is 1. The van der Waals surface area contributed by atoms with Gasteiger partial charge in [-0.3, -0.25) is 9.78 Å². The number of nitrogens with two attached hydrogens (primary N) is 1. The van der Waals surface area contributed by atoms with Crippen molar-refractivity contribution in [3.63, 3.8) is 0 Å². The van der Waals surface area contributed by atoms with Crippen molar-refractivity contribution in [2.75, 3.05) is 0 Å². The largest absolute Gasteiger partial charge is 0.481 e. The Labute approximate surface area is 93.9 Å². The molecule has 5 nitrogen and oxygen atoms in total. The van der Waals surface area contributed by atoms with Crippen LogP contribution in [0.25, 0.3) is 0 Å². The first-order valence-electron chi connectivity index (χ1n) is 5.07. The lowest BCUT2D eigenvalue weighted by Crippen LogP contribution is -2.43. The second-order valence-electron chi connectivity index (χ2n) is 3.85. The lowest BCUT2D eigenvalue weighted by molar-refractivity contribution is -0.145. The van der Waals surface area contributed by atoms with Crippen LogP contribution < -0.4 is 5.73 Å². The molecule has 1 aromatic rings. The van der Waals surface area contributed by atoms with E-state index in [4.69, 9.17) is 10.8 Å². The maximum atomic E-state index is 10.7. The Hall–Kier alpha value is -1.46. The van der Waals surface area contributed by atoms with Crippen molar-refractivity contribution in [3.8, 4) is 0 Å². The highest BCUT2D eigenvalue weighted by molar-refractivity contribution is 5.70. The van der Waals surface area contributed by atoms with Crippen LogP contribution in [0.15, 0.2) is 24.5 Å².